The third-order valence-corrected chi connectivity index (χ3v) is 3.26. The number of esters is 1. The van der Waals surface area contributed by atoms with Gasteiger partial charge in [0.05, 0.1) is 12.7 Å². The van der Waals surface area contributed by atoms with Gasteiger partial charge in [-0.3, -0.25) is 4.79 Å². The molecule has 0 aromatic heterocycles. The molecular formula is C13H15NO3. The fourth-order valence-corrected chi connectivity index (χ4v) is 2.24. The third kappa shape index (κ3) is 2.30. The van der Waals surface area contributed by atoms with Gasteiger partial charge in [0, 0.05) is 5.92 Å². The zero-order valence-corrected chi connectivity index (χ0v) is 9.73. The standard InChI is InChI=1S/C13H15NO3/c1-17-13(16)11-5-3-8-6-10(12(14)15)4-2-9(8)7-11/h3,5,7,10H,2,4,6H2,1H3,(H2,14,15). The number of aryl methyl sites for hydroxylation is 1. The lowest BCUT2D eigenvalue weighted by molar-refractivity contribution is -0.122. The number of amides is 1. The molecule has 4 heteroatoms. The molecule has 90 valence electrons. The van der Waals surface area contributed by atoms with Crippen molar-refractivity contribution in [3.05, 3.63) is 34.9 Å². The number of primary amides is 1. The molecule has 1 aliphatic carbocycles. The van der Waals surface area contributed by atoms with E-state index >= 15 is 0 Å². The van der Waals surface area contributed by atoms with Crippen LogP contribution >= 0.6 is 0 Å². The third-order valence-electron chi connectivity index (χ3n) is 3.26. The predicted molar refractivity (Wildman–Crippen MR) is 62.5 cm³/mol. The maximum absolute atomic E-state index is 11.4. The highest BCUT2D eigenvalue weighted by atomic mass is 16.5. The van der Waals surface area contributed by atoms with Crippen LogP contribution < -0.4 is 5.73 Å². The number of hydrogen-bond acceptors (Lipinski definition) is 3. The Hall–Kier alpha value is -1.84. The number of ether oxygens (including phenoxy) is 1. The van der Waals surface area contributed by atoms with Gasteiger partial charge in [-0.15, -0.1) is 0 Å². The fraction of sp³-hybridized carbons (Fsp3) is 0.385. The highest BCUT2D eigenvalue weighted by Gasteiger charge is 2.23. The molecule has 1 aromatic rings. The van der Waals surface area contributed by atoms with Gasteiger partial charge in [-0.05, 0) is 42.5 Å². The molecule has 1 aromatic carbocycles. The number of nitrogens with two attached hydrogens (primary N) is 1. The normalized spacial score (nSPS) is 18.3. The SMILES string of the molecule is COC(=O)c1ccc2c(c1)CCC(C(N)=O)C2. The maximum Gasteiger partial charge on any atom is 0.337 e. The molecule has 0 saturated carbocycles. The van der Waals surface area contributed by atoms with Crippen molar-refractivity contribution in [2.75, 3.05) is 7.11 Å². The van der Waals surface area contributed by atoms with Crippen LogP contribution in [-0.4, -0.2) is 19.0 Å². The summed E-state index contributed by atoms with van der Waals surface area (Å²) < 4.78 is 4.67. The van der Waals surface area contributed by atoms with Crippen molar-refractivity contribution >= 4 is 11.9 Å². The first-order valence-electron chi connectivity index (χ1n) is 5.61. The van der Waals surface area contributed by atoms with Crippen LogP contribution in [-0.2, 0) is 22.4 Å². The van der Waals surface area contributed by atoms with Gasteiger partial charge < -0.3 is 10.5 Å². The average molecular weight is 233 g/mol. The van der Waals surface area contributed by atoms with Gasteiger partial charge in [0.25, 0.3) is 0 Å². The van der Waals surface area contributed by atoms with Crippen molar-refractivity contribution in [1.29, 1.82) is 0 Å². The molecule has 2 N–H and O–H groups in total. The first-order valence-corrected chi connectivity index (χ1v) is 5.61. The summed E-state index contributed by atoms with van der Waals surface area (Å²) in [7, 11) is 1.37. The van der Waals surface area contributed by atoms with Crippen molar-refractivity contribution < 1.29 is 14.3 Å². The van der Waals surface area contributed by atoms with Crippen molar-refractivity contribution in [1.82, 2.24) is 0 Å². The molecule has 0 heterocycles. The van der Waals surface area contributed by atoms with E-state index in [0.29, 0.717) is 12.0 Å². The quantitative estimate of drug-likeness (QED) is 0.776. The summed E-state index contributed by atoms with van der Waals surface area (Å²) in [5, 5.41) is 0. The van der Waals surface area contributed by atoms with Crippen LogP contribution in [0.1, 0.15) is 27.9 Å². The summed E-state index contributed by atoms with van der Waals surface area (Å²) in [4.78, 5) is 22.5. The van der Waals surface area contributed by atoms with E-state index in [4.69, 9.17) is 5.73 Å². The van der Waals surface area contributed by atoms with Crippen LogP contribution in [0.15, 0.2) is 18.2 Å². The second kappa shape index (κ2) is 4.57. The fourth-order valence-electron chi connectivity index (χ4n) is 2.24. The molecule has 4 nitrogen and oxygen atoms in total. The van der Waals surface area contributed by atoms with Crippen LogP contribution in [0.2, 0.25) is 0 Å². The van der Waals surface area contributed by atoms with Crippen molar-refractivity contribution in [2.45, 2.75) is 19.3 Å². The Morgan fingerprint density at radius 2 is 2.12 bits per heavy atom. The minimum Gasteiger partial charge on any atom is -0.465 e. The number of carbonyl (C=O) groups is 2. The summed E-state index contributed by atoms with van der Waals surface area (Å²) in [6.07, 6.45) is 2.22. The van der Waals surface area contributed by atoms with Crippen LogP contribution in [0.4, 0.5) is 0 Å². The van der Waals surface area contributed by atoms with Gasteiger partial charge in [0.1, 0.15) is 0 Å². The second-order valence-electron chi connectivity index (χ2n) is 4.32. The Bertz CT molecular complexity index is 468. The number of hydrogen-bond donors (Lipinski definition) is 1. The molecular weight excluding hydrogens is 218 g/mol. The number of carbonyl (C=O) groups excluding carboxylic acids is 2. The summed E-state index contributed by atoms with van der Waals surface area (Å²) in [5.41, 5.74) is 8.09. The first-order chi connectivity index (χ1) is 8.11. The molecule has 0 saturated heterocycles. The molecule has 0 bridgehead atoms. The van der Waals surface area contributed by atoms with E-state index in [1.54, 1.807) is 6.07 Å². The van der Waals surface area contributed by atoms with Crippen molar-refractivity contribution in [3.63, 3.8) is 0 Å². The minimum atomic E-state index is -0.329. The van der Waals surface area contributed by atoms with Gasteiger partial charge in [0.2, 0.25) is 5.91 Å². The first kappa shape index (κ1) is 11.6. The van der Waals surface area contributed by atoms with Crippen molar-refractivity contribution in [3.8, 4) is 0 Å². The van der Waals surface area contributed by atoms with Crippen LogP contribution in [0.3, 0.4) is 0 Å². The molecule has 2 rings (SSSR count). The number of rotatable bonds is 2. The van der Waals surface area contributed by atoms with E-state index in [2.05, 4.69) is 4.74 Å². The van der Waals surface area contributed by atoms with Crippen LogP contribution in [0, 0.1) is 5.92 Å². The molecule has 1 unspecified atom stereocenters. The lowest BCUT2D eigenvalue weighted by Gasteiger charge is -2.22. The van der Waals surface area contributed by atoms with Crippen LogP contribution in [0.25, 0.3) is 0 Å². The molecule has 1 amide bonds. The van der Waals surface area contributed by atoms with E-state index in [1.165, 1.54) is 7.11 Å². The van der Waals surface area contributed by atoms with Gasteiger partial charge in [-0.2, -0.15) is 0 Å². The number of benzene rings is 1. The maximum atomic E-state index is 11.4. The second-order valence-corrected chi connectivity index (χ2v) is 4.32. The number of fused-ring (bicyclic) bond motifs is 1. The summed E-state index contributed by atoms with van der Waals surface area (Å²) in [5.74, 6) is -0.649. The molecule has 0 fully saturated rings. The van der Waals surface area contributed by atoms with Crippen molar-refractivity contribution in [2.24, 2.45) is 11.7 Å². The Kier molecular flexibility index (Phi) is 3.13. The lowest BCUT2D eigenvalue weighted by Crippen LogP contribution is -2.28. The van der Waals surface area contributed by atoms with Gasteiger partial charge in [-0.25, -0.2) is 4.79 Å². The van der Waals surface area contributed by atoms with E-state index in [9.17, 15) is 9.59 Å². The summed E-state index contributed by atoms with van der Waals surface area (Å²) in [6, 6.07) is 5.46. The Balaban J connectivity index is 2.25. The Morgan fingerprint density at radius 3 is 2.76 bits per heavy atom. The zero-order chi connectivity index (χ0) is 12.4. The lowest BCUT2D eigenvalue weighted by atomic mass is 9.83. The smallest absolute Gasteiger partial charge is 0.337 e. The Labute approximate surface area is 99.8 Å². The van der Waals surface area contributed by atoms with E-state index in [0.717, 1.165) is 24.0 Å². The molecule has 1 atom stereocenters. The van der Waals surface area contributed by atoms with E-state index in [1.807, 2.05) is 12.1 Å². The predicted octanol–water partition coefficient (Wildman–Crippen LogP) is 1.06. The largest absolute Gasteiger partial charge is 0.465 e. The molecule has 0 radical (unpaired) electrons. The molecule has 0 aliphatic heterocycles. The van der Waals surface area contributed by atoms with E-state index in [-0.39, 0.29) is 17.8 Å². The van der Waals surface area contributed by atoms with Gasteiger partial charge >= 0.3 is 5.97 Å². The van der Waals surface area contributed by atoms with E-state index < -0.39 is 0 Å². The van der Waals surface area contributed by atoms with Crippen LogP contribution in [0.5, 0.6) is 0 Å². The van der Waals surface area contributed by atoms with Gasteiger partial charge in [0.15, 0.2) is 0 Å². The highest BCUT2D eigenvalue weighted by molar-refractivity contribution is 5.89. The monoisotopic (exact) mass is 233 g/mol. The highest BCUT2D eigenvalue weighted by Crippen LogP contribution is 2.26. The van der Waals surface area contributed by atoms with Gasteiger partial charge in [-0.1, -0.05) is 6.07 Å². The zero-order valence-electron chi connectivity index (χ0n) is 9.73. The average Bonchev–Trinajstić information content (AvgIpc) is 2.36. The number of methoxy groups -OCH3 is 1. The molecule has 0 spiro atoms. The summed E-state index contributed by atoms with van der Waals surface area (Å²) >= 11 is 0. The summed E-state index contributed by atoms with van der Waals surface area (Å²) in [6.45, 7) is 0. The Morgan fingerprint density at radius 1 is 1.35 bits per heavy atom. The minimum absolute atomic E-state index is 0.0773. The topological polar surface area (TPSA) is 69.4 Å². The molecule has 17 heavy (non-hydrogen) atoms. The molecule has 1 aliphatic rings.